The second kappa shape index (κ2) is 28.3. The Hall–Kier alpha value is -6.50. The third-order valence-corrected chi connectivity index (χ3v) is 21.6. The highest BCUT2D eigenvalue weighted by molar-refractivity contribution is 8.55. The fourth-order valence-corrected chi connectivity index (χ4v) is 16.4. The summed E-state index contributed by atoms with van der Waals surface area (Å²) in [5.41, 5.74) is 7.78. The van der Waals surface area contributed by atoms with Crippen LogP contribution in [0.25, 0.3) is 11.2 Å². The Morgan fingerprint density at radius 2 is 1.28 bits per heavy atom. The molecule has 0 radical (unpaired) electrons. The van der Waals surface area contributed by atoms with Crippen molar-refractivity contribution in [3.05, 3.63) is 171 Å². The molecule has 450 valence electrons. The van der Waals surface area contributed by atoms with Crippen molar-refractivity contribution < 1.29 is 64.9 Å². The summed E-state index contributed by atoms with van der Waals surface area (Å²) < 4.78 is 105. The van der Waals surface area contributed by atoms with Crippen LogP contribution in [0.15, 0.2) is 132 Å². The molecule has 85 heavy (non-hydrogen) atoms. The van der Waals surface area contributed by atoms with Crippen molar-refractivity contribution in [3.8, 4) is 17.2 Å². The van der Waals surface area contributed by atoms with Crippen LogP contribution in [-0.2, 0) is 48.2 Å². The number of alkyl halides is 1. The van der Waals surface area contributed by atoms with Gasteiger partial charge in [-0.05, 0) is 108 Å². The molecular formula is C58H64FN7O15P2S2. The number of esters is 2. The number of aryl methyl sites for hydroxylation is 1. The predicted molar refractivity (Wildman–Crippen MR) is 316 cm³/mol. The van der Waals surface area contributed by atoms with E-state index in [0.29, 0.717) is 46.0 Å². The molecule has 27 heteroatoms. The Morgan fingerprint density at radius 3 is 1.92 bits per heavy atom. The van der Waals surface area contributed by atoms with E-state index in [9.17, 15) is 19.2 Å². The number of halogens is 1. The molecule has 2 unspecified atom stereocenters. The highest BCUT2D eigenvalue weighted by atomic mass is 32.7. The first-order chi connectivity index (χ1) is 41.1. The lowest BCUT2D eigenvalue weighted by Crippen LogP contribution is -2.37. The number of unbranched alkanes of at least 4 members (excludes halogenated alkanes) is 7. The SMILES string of the molecule is CCCCCCCCCCOc1ccc(C(=O)Oc2ccc(CSP3(=O)OC[C@H]4O[C@@H](n5ccc(=O)[nH]c5=O)[C@H](OP(=O)(SCc5ccc(OC(=O)c6ccc(C)cc6)cc5)OC[C@@H]5C[C@@H](O3)[C@H](n3cnc6c(N)ncnc63)O5)[C@@H]4F)cc2)cc1. The fourth-order valence-electron chi connectivity index (χ4n) is 9.61. The lowest BCUT2D eigenvalue weighted by molar-refractivity contribution is -0.0595. The van der Waals surface area contributed by atoms with Crippen LogP contribution in [0.3, 0.4) is 0 Å². The van der Waals surface area contributed by atoms with Crippen LogP contribution in [-0.4, -0.2) is 91.4 Å². The van der Waals surface area contributed by atoms with Crippen molar-refractivity contribution in [1.29, 1.82) is 0 Å². The number of imidazole rings is 1. The molecule has 4 aromatic carbocycles. The Labute approximate surface area is 496 Å². The molecule has 3 aliphatic rings. The molecule has 10 rings (SSSR count). The van der Waals surface area contributed by atoms with Gasteiger partial charge in [0.05, 0.1) is 43.4 Å². The van der Waals surface area contributed by atoms with Crippen LogP contribution >= 0.6 is 36.4 Å². The third kappa shape index (κ3) is 15.9. The van der Waals surface area contributed by atoms with E-state index in [4.69, 9.17) is 47.5 Å². The maximum atomic E-state index is 17.2. The van der Waals surface area contributed by atoms with Crippen LogP contribution in [0.1, 0.15) is 115 Å². The van der Waals surface area contributed by atoms with E-state index in [1.54, 1.807) is 97.1 Å². The minimum Gasteiger partial charge on any atom is -0.494 e. The smallest absolute Gasteiger partial charge is 0.390 e. The largest absolute Gasteiger partial charge is 0.494 e. The highest BCUT2D eigenvalue weighted by Gasteiger charge is 2.53. The average Bonchev–Trinajstić information content (AvgIpc) is 4.32. The number of carbonyl (C=O) groups excluding carboxylic acids is 2. The molecule has 0 amide bonds. The number of aromatic amines is 1. The molecule has 0 aliphatic carbocycles. The fraction of sp³-hybridized carbons (Fsp3) is 0.397. The minimum atomic E-state index is -4.55. The van der Waals surface area contributed by atoms with Crippen LogP contribution in [0, 0.1) is 6.92 Å². The zero-order valence-electron chi connectivity index (χ0n) is 46.5. The molecule has 3 aromatic heterocycles. The van der Waals surface area contributed by atoms with Gasteiger partial charge in [0.15, 0.2) is 30.1 Å². The molecule has 0 saturated carbocycles. The maximum absolute atomic E-state index is 17.2. The number of fused-ring (bicyclic) bond motifs is 5. The molecule has 3 N–H and O–H groups in total. The number of aromatic nitrogens is 6. The van der Waals surface area contributed by atoms with Gasteiger partial charge in [-0.1, -0.05) is 93.8 Å². The maximum Gasteiger partial charge on any atom is 0.390 e. The van der Waals surface area contributed by atoms with E-state index in [2.05, 4.69) is 26.9 Å². The standard InChI is InChI=1S/C58H64FN7O15P2S2/c1-3-4-5-6-7-8-9-10-29-73-42-25-19-41(20-26-42)57(69)78-44-21-13-38(14-22-44)33-84-82(71)75-32-47-49(59)51(55(79-47)65-28-27-48(67)64-58(65)70)81-83(72,85-34-39-15-23-43(24-16-39)77-56(68)40-17-11-37(2)12-18-40)74-31-45-30-46(80-82)54(76-45)66-36-63-50-52(60)61-35-62-53(50)66/h11-28,35-36,45-47,49,51,54-55H,3-10,29-34H2,1-2H3,(H2,60,61,62)(H,64,67,70)/t45-,46+,47+,49+,51+,54+,55+,82?,83?/m0/s1. The monoisotopic (exact) mass is 1240 g/mol. The number of nitrogens with one attached hydrogen (secondary N) is 1. The van der Waals surface area contributed by atoms with Gasteiger partial charge in [0.25, 0.3) is 5.56 Å². The summed E-state index contributed by atoms with van der Waals surface area (Å²) in [4.78, 5) is 66.5. The predicted octanol–water partition coefficient (Wildman–Crippen LogP) is 11.6. The number of nitrogens with zero attached hydrogens (tertiary/aromatic N) is 5. The molecule has 0 spiro atoms. The lowest BCUT2D eigenvalue weighted by Gasteiger charge is -2.27. The Kier molecular flexibility index (Phi) is 20.5. The number of hydrogen-bond donors (Lipinski definition) is 2. The van der Waals surface area contributed by atoms with Crippen molar-refractivity contribution in [1.82, 2.24) is 29.1 Å². The zero-order chi connectivity index (χ0) is 59.5. The third-order valence-electron chi connectivity index (χ3n) is 14.2. The summed E-state index contributed by atoms with van der Waals surface area (Å²) in [6.07, 6.45) is 2.64. The number of nitrogens with two attached hydrogens (primary N) is 1. The molecule has 7 aromatic rings. The summed E-state index contributed by atoms with van der Waals surface area (Å²) >= 11 is 1.49. The van der Waals surface area contributed by atoms with Gasteiger partial charge in [0.1, 0.15) is 47.4 Å². The number of anilines is 1. The summed E-state index contributed by atoms with van der Waals surface area (Å²) in [7, 11) is 0. The zero-order valence-corrected chi connectivity index (χ0v) is 49.9. The number of ether oxygens (including phenoxy) is 5. The highest BCUT2D eigenvalue weighted by Crippen LogP contribution is 2.67. The van der Waals surface area contributed by atoms with Crippen molar-refractivity contribution in [3.63, 3.8) is 0 Å². The first-order valence-electron chi connectivity index (χ1n) is 27.9. The van der Waals surface area contributed by atoms with E-state index in [-0.39, 0.29) is 46.4 Å². The first kappa shape index (κ1) is 61.6. The van der Waals surface area contributed by atoms with Crippen LogP contribution in [0.4, 0.5) is 10.2 Å². The minimum absolute atomic E-state index is 0.00188. The number of carbonyl (C=O) groups is 2. The van der Waals surface area contributed by atoms with Crippen LogP contribution in [0.2, 0.25) is 0 Å². The second-order valence-electron chi connectivity index (χ2n) is 20.5. The molecule has 6 heterocycles. The molecule has 22 nitrogen and oxygen atoms in total. The lowest BCUT2D eigenvalue weighted by atomic mass is 10.1. The normalized spacial score (nSPS) is 24.2. The van der Waals surface area contributed by atoms with Gasteiger partial charge in [-0.3, -0.25) is 37.0 Å². The van der Waals surface area contributed by atoms with Gasteiger partial charge in [0, 0.05) is 30.2 Å². The molecule has 3 saturated heterocycles. The van der Waals surface area contributed by atoms with E-state index in [0.717, 1.165) is 46.6 Å². The second-order valence-corrected chi connectivity index (χ2v) is 28.6. The number of nitrogen functional groups attached to an aromatic ring is 1. The van der Waals surface area contributed by atoms with Gasteiger partial charge < -0.3 is 29.4 Å². The van der Waals surface area contributed by atoms with Crippen molar-refractivity contribution in [2.45, 2.75) is 126 Å². The average molecular weight is 1240 g/mol. The Bertz CT molecular complexity index is 3640. The summed E-state index contributed by atoms with van der Waals surface area (Å²) in [6.45, 7) is -5.51. The quantitative estimate of drug-likeness (QED) is 0.0276. The molecule has 9 atom stereocenters. The number of rotatable bonds is 22. The van der Waals surface area contributed by atoms with Crippen LogP contribution in [0.5, 0.6) is 17.2 Å². The van der Waals surface area contributed by atoms with Crippen molar-refractivity contribution in [2.75, 3.05) is 25.6 Å². The van der Waals surface area contributed by atoms with Gasteiger partial charge in [-0.15, -0.1) is 0 Å². The topological polar surface area (TPSA) is 276 Å². The summed E-state index contributed by atoms with van der Waals surface area (Å²) in [5, 5.41) is 0. The molecule has 3 fully saturated rings. The van der Waals surface area contributed by atoms with Crippen molar-refractivity contribution >= 4 is 65.3 Å². The first-order valence-corrected chi connectivity index (χ1v) is 34.1. The summed E-state index contributed by atoms with van der Waals surface area (Å²) in [6, 6.07) is 27.6. The molecular weight excluding hydrogens is 1180 g/mol. The van der Waals surface area contributed by atoms with E-state index < -0.39 is 93.0 Å². The number of hydrogen-bond acceptors (Lipinski definition) is 21. The Morgan fingerprint density at radius 1 is 0.694 bits per heavy atom. The Balaban J connectivity index is 0.854. The van der Waals surface area contributed by atoms with Gasteiger partial charge in [-0.2, -0.15) is 0 Å². The van der Waals surface area contributed by atoms with E-state index in [1.807, 2.05) is 6.92 Å². The van der Waals surface area contributed by atoms with Gasteiger partial charge in [-0.25, -0.2) is 42.9 Å². The number of H-pyrrole nitrogens is 1. The summed E-state index contributed by atoms with van der Waals surface area (Å²) in [5.74, 6) is 0.0577. The van der Waals surface area contributed by atoms with Gasteiger partial charge in [0.2, 0.25) is 0 Å². The van der Waals surface area contributed by atoms with Crippen LogP contribution < -0.4 is 31.2 Å². The van der Waals surface area contributed by atoms with E-state index in [1.165, 1.54) is 55.7 Å². The molecule has 4 bridgehead atoms. The van der Waals surface area contributed by atoms with E-state index >= 15 is 13.5 Å². The number of benzene rings is 4. The van der Waals surface area contributed by atoms with Crippen molar-refractivity contribution in [2.24, 2.45) is 0 Å². The van der Waals surface area contributed by atoms with Gasteiger partial charge >= 0.3 is 31.2 Å². The molecule has 3 aliphatic heterocycles.